The molecule has 0 bridgehead atoms. The van der Waals surface area contributed by atoms with Crippen LogP contribution in [0.2, 0.25) is 0 Å². The summed E-state index contributed by atoms with van der Waals surface area (Å²) >= 11 is 0. The van der Waals surface area contributed by atoms with E-state index in [0.29, 0.717) is 0 Å². The molecular weight excluding hydrogens is 226 g/mol. The number of nitrogens with zero attached hydrogens (tertiary/aromatic N) is 3. The number of hydrogen-bond donors (Lipinski definition) is 2. The molecule has 0 aliphatic carbocycles. The van der Waals surface area contributed by atoms with E-state index in [1.54, 1.807) is 0 Å². The fraction of sp³-hybridized carbons (Fsp3) is 0.692. The minimum absolute atomic E-state index is 0.0374. The third kappa shape index (κ3) is 4.14. The third-order valence-electron chi connectivity index (χ3n) is 3.08. The van der Waals surface area contributed by atoms with Crippen LogP contribution >= 0.6 is 0 Å². The molecule has 1 rings (SSSR count). The van der Waals surface area contributed by atoms with Gasteiger partial charge in [0.1, 0.15) is 17.5 Å². The van der Waals surface area contributed by atoms with E-state index in [9.17, 15) is 0 Å². The Labute approximate surface area is 110 Å². The average molecular weight is 251 g/mol. The van der Waals surface area contributed by atoms with Gasteiger partial charge in [0.25, 0.3) is 0 Å². The van der Waals surface area contributed by atoms with Crippen LogP contribution in [0, 0.1) is 6.92 Å². The number of nitrogens with one attached hydrogen (secondary N) is 2. The number of likely N-dealkylation sites (N-methyl/N-ethyl adjacent to an activating group) is 1. The first kappa shape index (κ1) is 14.7. The lowest BCUT2D eigenvalue weighted by molar-refractivity contribution is 0.447. The Kier molecular flexibility index (Phi) is 4.90. The number of aryl methyl sites for hydroxylation is 1. The van der Waals surface area contributed by atoms with Crippen molar-refractivity contribution < 1.29 is 0 Å². The summed E-state index contributed by atoms with van der Waals surface area (Å²) in [7, 11) is 3.99. The summed E-state index contributed by atoms with van der Waals surface area (Å²) in [6.07, 6.45) is 0. The van der Waals surface area contributed by atoms with Gasteiger partial charge >= 0.3 is 0 Å². The predicted octanol–water partition coefficient (Wildman–Crippen LogP) is 1.65. The second-order valence-corrected chi connectivity index (χ2v) is 5.16. The molecule has 0 radical (unpaired) electrons. The quantitative estimate of drug-likeness (QED) is 0.805. The topological polar surface area (TPSA) is 53.1 Å². The Morgan fingerprint density at radius 2 is 2.00 bits per heavy atom. The molecule has 0 saturated heterocycles. The molecule has 0 unspecified atom stereocenters. The van der Waals surface area contributed by atoms with Gasteiger partial charge in [-0.1, -0.05) is 0 Å². The first-order valence-corrected chi connectivity index (χ1v) is 6.37. The maximum Gasteiger partial charge on any atom is 0.134 e. The molecule has 5 nitrogen and oxygen atoms in total. The summed E-state index contributed by atoms with van der Waals surface area (Å²) in [5.74, 6) is 2.62. The van der Waals surface area contributed by atoms with Crippen LogP contribution in [0.1, 0.15) is 26.6 Å². The van der Waals surface area contributed by atoms with Gasteiger partial charge in [-0.05, 0) is 34.7 Å². The molecule has 1 heterocycles. The van der Waals surface area contributed by atoms with Gasteiger partial charge in [-0.3, -0.25) is 0 Å². The molecule has 1 aromatic rings. The fourth-order valence-electron chi connectivity index (χ4n) is 1.40. The van der Waals surface area contributed by atoms with E-state index in [1.165, 1.54) is 0 Å². The second kappa shape index (κ2) is 6.00. The molecule has 102 valence electrons. The van der Waals surface area contributed by atoms with E-state index in [2.05, 4.69) is 46.3 Å². The van der Waals surface area contributed by atoms with Crippen LogP contribution in [0.25, 0.3) is 0 Å². The lowest BCUT2D eigenvalue weighted by atomic mass is 10.1. The zero-order chi connectivity index (χ0) is 13.8. The standard InChI is InChI=1S/C13H25N5/c1-7-18(6)12-8-11(16-10(2)17-12)15-9-13(3,4)14-5/h8,14H,7,9H2,1-6H3,(H,15,16,17). The summed E-state index contributed by atoms with van der Waals surface area (Å²) in [4.78, 5) is 10.9. The fourth-order valence-corrected chi connectivity index (χ4v) is 1.40. The van der Waals surface area contributed by atoms with Crippen LogP contribution in [-0.4, -0.2) is 42.7 Å². The van der Waals surface area contributed by atoms with Crippen molar-refractivity contribution in [2.45, 2.75) is 33.2 Å². The van der Waals surface area contributed by atoms with Crippen molar-refractivity contribution in [3.05, 3.63) is 11.9 Å². The summed E-state index contributed by atoms with van der Waals surface area (Å²) < 4.78 is 0. The van der Waals surface area contributed by atoms with Crippen molar-refractivity contribution in [1.29, 1.82) is 0 Å². The van der Waals surface area contributed by atoms with E-state index >= 15 is 0 Å². The Hall–Kier alpha value is -1.36. The van der Waals surface area contributed by atoms with E-state index in [4.69, 9.17) is 0 Å². The highest BCUT2D eigenvalue weighted by Gasteiger charge is 2.14. The van der Waals surface area contributed by atoms with Gasteiger partial charge in [-0.15, -0.1) is 0 Å². The third-order valence-corrected chi connectivity index (χ3v) is 3.08. The first-order chi connectivity index (χ1) is 8.38. The van der Waals surface area contributed by atoms with Gasteiger partial charge in [0, 0.05) is 31.7 Å². The molecule has 2 N–H and O–H groups in total. The number of hydrogen-bond acceptors (Lipinski definition) is 5. The highest BCUT2D eigenvalue weighted by atomic mass is 15.2. The molecule has 0 saturated carbocycles. The van der Waals surface area contributed by atoms with Crippen LogP contribution in [0.15, 0.2) is 6.07 Å². The van der Waals surface area contributed by atoms with Crippen LogP contribution in [0.3, 0.4) is 0 Å². The normalized spacial score (nSPS) is 11.4. The molecule has 1 aromatic heterocycles. The Morgan fingerprint density at radius 1 is 1.33 bits per heavy atom. The molecule has 0 aliphatic heterocycles. The minimum Gasteiger partial charge on any atom is -0.368 e. The molecule has 0 aliphatic rings. The van der Waals surface area contributed by atoms with E-state index < -0.39 is 0 Å². The van der Waals surface area contributed by atoms with Gasteiger partial charge < -0.3 is 15.5 Å². The monoisotopic (exact) mass is 251 g/mol. The van der Waals surface area contributed by atoms with Crippen molar-refractivity contribution in [1.82, 2.24) is 15.3 Å². The molecule has 0 atom stereocenters. The second-order valence-electron chi connectivity index (χ2n) is 5.16. The van der Waals surface area contributed by atoms with Crippen molar-refractivity contribution >= 4 is 11.6 Å². The van der Waals surface area contributed by atoms with Crippen molar-refractivity contribution in [2.75, 3.05) is 37.4 Å². The molecular formula is C13H25N5. The van der Waals surface area contributed by atoms with Crippen LogP contribution in [0.4, 0.5) is 11.6 Å². The Bertz CT molecular complexity index is 389. The van der Waals surface area contributed by atoms with Gasteiger partial charge in [-0.2, -0.15) is 0 Å². The minimum atomic E-state index is 0.0374. The van der Waals surface area contributed by atoms with Crippen LogP contribution in [0.5, 0.6) is 0 Å². The molecule has 0 amide bonds. The van der Waals surface area contributed by atoms with Gasteiger partial charge in [0.15, 0.2) is 0 Å². The average Bonchev–Trinajstić information content (AvgIpc) is 2.35. The highest BCUT2D eigenvalue weighted by molar-refractivity contribution is 5.49. The van der Waals surface area contributed by atoms with Gasteiger partial charge in [0.05, 0.1) is 0 Å². The maximum atomic E-state index is 4.43. The smallest absolute Gasteiger partial charge is 0.134 e. The van der Waals surface area contributed by atoms with E-state index in [0.717, 1.165) is 30.5 Å². The van der Waals surface area contributed by atoms with Crippen molar-refractivity contribution in [2.24, 2.45) is 0 Å². The van der Waals surface area contributed by atoms with Gasteiger partial charge in [-0.25, -0.2) is 9.97 Å². The van der Waals surface area contributed by atoms with Gasteiger partial charge in [0.2, 0.25) is 0 Å². The number of aromatic nitrogens is 2. The maximum absolute atomic E-state index is 4.43. The lowest BCUT2D eigenvalue weighted by Gasteiger charge is -2.25. The summed E-state index contributed by atoms with van der Waals surface area (Å²) in [5, 5.41) is 6.61. The van der Waals surface area contributed by atoms with Crippen LogP contribution < -0.4 is 15.5 Å². The summed E-state index contributed by atoms with van der Waals surface area (Å²) in [5.41, 5.74) is 0.0374. The summed E-state index contributed by atoms with van der Waals surface area (Å²) in [6, 6.07) is 1.99. The largest absolute Gasteiger partial charge is 0.368 e. The van der Waals surface area contributed by atoms with E-state index in [-0.39, 0.29) is 5.54 Å². The predicted molar refractivity (Wildman–Crippen MR) is 77.3 cm³/mol. The molecule has 0 aromatic carbocycles. The van der Waals surface area contributed by atoms with Crippen LogP contribution in [-0.2, 0) is 0 Å². The molecule has 0 spiro atoms. The number of anilines is 2. The lowest BCUT2D eigenvalue weighted by Crippen LogP contribution is -2.42. The zero-order valence-electron chi connectivity index (χ0n) is 12.3. The van der Waals surface area contributed by atoms with E-state index in [1.807, 2.05) is 27.1 Å². The Morgan fingerprint density at radius 3 is 2.56 bits per heavy atom. The zero-order valence-corrected chi connectivity index (χ0v) is 12.3. The van der Waals surface area contributed by atoms with Crippen molar-refractivity contribution in [3.63, 3.8) is 0 Å². The molecule has 0 fully saturated rings. The summed E-state index contributed by atoms with van der Waals surface area (Å²) in [6.45, 7) is 10.1. The first-order valence-electron chi connectivity index (χ1n) is 6.37. The van der Waals surface area contributed by atoms with Crippen molar-refractivity contribution in [3.8, 4) is 0 Å². The molecule has 18 heavy (non-hydrogen) atoms. The highest BCUT2D eigenvalue weighted by Crippen LogP contribution is 2.15. The SMILES string of the molecule is CCN(C)c1cc(NCC(C)(C)NC)nc(C)n1. The number of rotatable bonds is 6. The molecule has 5 heteroatoms. The Balaban J connectivity index is 2.80.